The first kappa shape index (κ1) is 10.5. The molecule has 0 bridgehead atoms. The molecule has 2 heterocycles. The Balaban J connectivity index is 2.00. The average Bonchev–Trinajstić information content (AvgIpc) is 2.97. The topological polar surface area (TPSA) is 38.1 Å². The van der Waals surface area contributed by atoms with E-state index in [1.54, 1.807) is 17.5 Å². The zero-order valence-corrected chi connectivity index (χ0v) is 10.0. The number of hydrogen-bond donors (Lipinski definition) is 1. The van der Waals surface area contributed by atoms with Crippen LogP contribution in [-0.2, 0) is 13.2 Å². The number of hydrogen-bond acceptors (Lipinski definition) is 3. The van der Waals surface area contributed by atoms with Gasteiger partial charge in [-0.25, -0.2) is 4.98 Å². The molecule has 86 valence electrons. The van der Waals surface area contributed by atoms with Crippen LogP contribution in [0.1, 0.15) is 11.4 Å². The molecule has 3 aromatic rings. The Morgan fingerprint density at radius 2 is 2.18 bits per heavy atom. The SMILES string of the molecule is OCc1nccn1Cc1csc2ccccc12. The molecule has 0 saturated carbocycles. The number of nitrogens with zero attached hydrogens (tertiary/aromatic N) is 2. The first-order valence-corrected chi connectivity index (χ1v) is 6.32. The molecule has 0 spiro atoms. The summed E-state index contributed by atoms with van der Waals surface area (Å²) in [6.07, 6.45) is 3.62. The van der Waals surface area contributed by atoms with Crippen LogP contribution >= 0.6 is 11.3 Å². The van der Waals surface area contributed by atoms with Crippen molar-refractivity contribution in [3.05, 3.63) is 53.4 Å². The maximum atomic E-state index is 9.17. The van der Waals surface area contributed by atoms with Gasteiger partial charge in [0.25, 0.3) is 0 Å². The molecule has 1 aromatic carbocycles. The van der Waals surface area contributed by atoms with Crippen LogP contribution in [0.3, 0.4) is 0 Å². The van der Waals surface area contributed by atoms with Crippen molar-refractivity contribution in [2.24, 2.45) is 0 Å². The highest BCUT2D eigenvalue weighted by Gasteiger charge is 2.06. The van der Waals surface area contributed by atoms with Gasteiger partial charge in [-0.15, -0.1) is 11.3 Å². The Hall–Kier alpha value is -1.65. The number of fused-ring (bicyclic) bond motifs is 1. The second-order valence-corrected chi connectivity index (χ2v) is 4.80. The molecule has 4 heteroatoms. The van der Waals surface area contributed by atoms with Gasteiger partial charge in [0.05, 0.1) is 6.54 Å². The van der Waals surface area contributed by atoms with E-state index in [1.807, 2.05) is 10.8 Å². The summed E-state index contributed by atoms with van der Waals surface area (Å²) in [5.41, 5.74) is 1.28. The number of aliphatic hydroxyl groups is 1. The Morgan fingerprint density at radius 3 is 3.06 bits per heavy atom. The smallest absolute Gasteiger partial charge is 0.134 e. The van der Waals surface area contributed by atoms with Crippen molar-refractivity contribution >= 4 is 21.4 Å². The van der Waals surface area contributed by atoms with Gasteiger partial charge in [-0.2, -0.15) is 0 Å². The van der Waals surface area contributed by atoms with Gasteiger partial charge in [-0.1, -0.05) is 18.2 Å². The van der Waals surface area contributed by atoms with Gasteiger partial charge in [0.15, 0.2) is 0 Å². The molecule has 0 saturated heterocycles. The van der Waals surface area contributed by atoms with Crippen LogP contribution in [0.25, 0.3) is 10.1 Å². The van der Waals surface area contributed by atoms with Crippen molar-refractivity contribution < 1.29 is 5.11 Å². The highest BCUT2D eigenvalue weighted by atomic mass is 32.1. The van der Waals surface area contributed by atoms with Gasteiger partial charge in [0.1, 0.15) is 12.4 Å². The number of benzene rings is 1. The normalized spacial score (nSPS) is 11.1. The molecule has 0 amide bonds. The summed E-state index contributed by atoms with van der Waals surface area (Å²) in [4.78, 5) is 4.11. The Morgan fingerprint density at radius 1 is 1.29 bits per heavy atom. The number of aromatic nitrogens is 2. The van der Waals surface area contributed by atoms with E-state index in [-0.39, 0.29) is 6.61 Å². The fraction of sp³-hybridized carbons (Fsp3) is 0.154. The summed E-state index contributed by atoms with van der Waals surface area (Å²) < 4.78 is 3.28. The van der Waals surface area contributed by atoms with Gasteiger partial charge >= 0.3 is 0 Å². The van der Waals surface area contributed by atoms with Crippen molar-refractivity contribution in [2.75, 3.05) is 0 Å². The fourth-order valence-corrected chi connectivity index (χ4v) is 2.93. The lowest BCUT2D eigenvalue weighted by molar-refractivity contribution is 0.266. The molecule has 3 rings (SSSR count). The second-order valence-electron chi connectivity index (χ2n) is 3.89. The molecular formula is C13H12N2OS. The molecule has 0 atom stereocenters. The number of aliphatic hydroxyl groups excluding tert-OH is 1. The van der Waals surface area contributed by atoms with E-state index in [1.165, 1.54) is 15.6 Å². The molecule has 0 aliphatic rings. The van der Waals surface area contributed by atoms with Crippen LogP contribution in [0.15, 0.2) is 42.0 Å². The second kappa shape index (κ2) is 4.31. The van der Waals surface area contributed by atoms with Crippen molar-refractivity contribution in [2.45, 2.75) is 13.2 Å². The van der Waals surface area contributed by atoms with E-state index in [0.717, 1.165) is 6.54 Å². The largest absolute Gasteiger partial charge is 0.388 e. The summed E-state index contributed by atoms with van der Waals surface area (Å²) in [5, 5.41) is 12.6. The van der Waals surface area contributed by atoms with Gasteiger partial charge in [0.2, 0.25) is 0 Å². The van der Waals surface area contributed by atoms with Gasteiger partial charge in [-0.05, 0) is 22.4 Å². The van der Waals surface area contributed by atoms with Crippen molar-refractivity contribution in [1.82, 2.24) is 9.55 Å². The third-order valence-electron chi connectivity index (χ3n) is 2.84. The van der Waals surface area contributed by atoms with Crippen LogP contribution in [-0.4, -0.2) is 14.7 Å². The van der Waals surface area contributed by atoms with Gasteiger partial charge in [0, 0.05) is 17.1 Å². The van der Waals surface area contributed by atoms with E-state index in [4.69, 9.17) is 5.11 Å². The van der Waals surface area contributed by atoms with E-state index in [9.17, 15) is 0 Å². The summed E-state index contributed by atoms with van der Waals surface area (Å²) in [6, 6.07) is 8.37. The van der Waals surface area contributed by atoms with E-state index in [2.05, 4.69) is 34.6 Å². The van der Waals surface area contributed by atoms with Crippen molar-refractivity contribution in [1.29, 1.82) is 0 Å². The summed E-state index contributed by atoms with van der Waals surface area (Å²) in [7, 11) is 0. The van der Waals surface area contributed by atoms with Crippen LogP contribution in [0.2, 0.25) is 0 Å². The van der Waals surface area contributed by atoms with Gasteiger partial charge in [-0.3, -0.25) is 0 Å². The van der Waals surface area contributed by atoms with Crippen LogP contribution in [0, 0.1) is 0 Å². The zero-order valence-electron chi connectivity index (χ0n) is 9.21. The lowest BCUT2D eigenvalue weighted by Gasteiger charge is -2.04. The maximum Gasteiger partial charge on any atom is 0.134 e. The number of imidazole rings is 1. The highest BCUT2D eigenvalue weighted by molar-refractivity contribution is 7.17. The third-order valence-corrected chi connectivity index (χ3v) is 3.86. The molecule has 0 radical (unpaired) electrons. The highest BCUT2D eigenvalue weighted by Crippen LogP contribution is 2.26. The predicted octanol–water partition coefficient (Wildman–Crippen LogP) is 2.64. The minimum atomic E-state index is -0.0188. The summed E-state index contributed by atoms with van der Waals surface area (Å²) in [5.74, 6) is 0.709. The van der Waals surface area contributed by atoms with Crippen LogP contribution in [0.4, 0.5) is 0 Å². The number of rotatable bonds is 3. The fourth-order valence-electron chi connectivity index (χ4n) is 1.97. The Kier molecular flexibility index (Phi) is 2.66. The maximum absolute atomic E-state index is 9.17. The molecule has 17 heavy (non-hydrogen) atoms. The lowest BCUT2D eigenvalue weighted by Crippen LogP contribution is -2.03. The lowest BCUT2D eigenvalue weighted by atomic mass is 10.2. The standard InChI is InChI=1S/C13H12N2OS/c16-8-13-14-5-6-15(13)7-10-9-17-12-4-2-1-3-11(10)12/h1-6,9,16H,7-8H2. The van der Waals surface area contributed by atoms with E-state index < -0.39 is 0 Å². The monoisotopic (exact) mass is 244 g/mol. The van der Waals surface area contributed by atoms with Crippen LogP contribution in [0.5, 0.6) is 0 Å². The Labute approximate surface area is 103 Å². The summed E-state index contributed by atoms with van der Waals surface area (Å²) >= 11 is 1.75. The van der Waals surface area contributed by atoms with E-state index >= 15 is 0 Å². The molecule has 0 aliphatic carbocycles. The summed E-state index contributed by atoms with van der Waals surface area (Å²) in [6.45, 7) is 0.745. The molecular weight excluding hydrogens is 232 g/mol. The Bertz CT molecular complexity index is 641. The zero-order chi connectivity index (χ0) is 11.7. The third kappa shape index (κ3) is 1.85. The quantitative estimate of drug-likeness (QED) is 0.769. The average molecular weight is 244 g/mol. The molecule has 3 nitrogen and oxygen atoms in total. The minimum absolute atomic E-state index is 0.0188. The van der Waals surface area contributed by atoms with Crippen molar-refractivity contribution in [3.63, 3.8) is 0 Å². The molecule has 0 aliphatic heterocycles. The molecule has 0 fully saturated rings. The number of thiophene rings is 1. The molecule has 2 aromatic heterocycles. The molecule has 0 unspecified atom stereocenters. The van der Waals surface area contributed by atoms with Crippen molar-refractivity contribution in [3.8, 4) is 0 Å². The predicted molar refractivity (Wildman–Crippen MR) is 69.1 cm³/mol. The first-order chi connectivity index (χ1) is 8.38. The van der Waals surface area contributed by atoms with Gasteiger partial charge < -0.3 is 9.67 Å². The first-order valence-electron chi connectivity index (χ1n) is 5.44. The van der Waals surface area contributed by atoms with E-state index in [0.29, 0.717) is 5.82 Å². The van der Waals surface area contributed by atoms with Crippen LogP contribution < -0.4 is 0 Å². The molecule has 1 N–H and O–H groups in total. The minimum Gasteiger partial charge on any atom is -0.388 e.